The molecule has 0 radical (unpaired) electrons. The number of hydrogen-bond acceptors (Lipinski definition) is 4. The molecule has 0 unspecified atom stereocenters. The van der Waals surface area contributed by atoms with Gasteiger partial charge < -0.3 is 10.2 Å². The molecule has 0 aromatic heterocycles. The van der Waals surface area contributed by atoms with Gasteiger partial charge in [-0.25, -0.2) is 8.42 Å². The van der Waals surface area contributed by atoms with Crippen LogP contribution in [0.15, 0.2) is 0 Å². The van der Waals surface area contributed by atoms with Crippen LogP contribution < -0.4 is 5.32 Å². The van der Waals surface area contributed by atoms with Gasteiger partial charge in [0.1, 0.15) is 0 Å². The normalized spacial score (nSPS) is 18.6. The largest absolute Gasteiger partial charge is 0.317 e. The topological polar surface area (TPSA) is 49.4 Å². The summed E-state index contributed by atoms with van der Waals surface area (Å²) >= 11 is 0. The number of hydrogen-bond donors (Lipinski definition) is 1. The van der Waals surface area contributed by atoms with Crippen LogP contribution in [-0.4, -0.2) is 56.5 Å². The average Bonchev–Trinajstić information content (AvgIpc) is 2.36. The van der Waals surface area contributed by atoms with Crippen LogP contribution in [0.25, 0.3) is 0 Å². The third-order valence-corrected chi connectivity index (χ3v) is 6.71. The van der Waals surface area contributed by atoms with E-state index in [9.17, 15) is 8.42 Å². The number of rotatable bonds is 7. The van der Waals surface area contributed by atoms with Gasteiger partial charge in [0.2, 0.25) is 0 Å². The van der Waals surface area contributed by atoms with Crippen molar-refractivity contribution in [3.8, 4) is 0 Å². The van der Waals surface area contributed by atoms with Crippen molar-refractivity contribution in [2.75, 3.05) is 38.5 Å². The third-order valence-electron chi connectivity index (χ3n) is 4.12. The van der Waals surface area contributed by atoms with Gasteiger partial charge in [-0.05, 0) is 65.6 Å². The molecular weight excluding hydrogens is 272 g/mol. The fourth-order valence-electron chi connectivity index (χ4n) is 2.60. The van der Waals surface area contributed by atoms with Crippen molar-refractivity contribution in [1.82, 2.24) is 10.2 Å². The van der Waals surface area contributed by atoms with Gasteiger partial charge in [-0.3, -0.25) is 0 Å². The molecular formula is C15H32N2O2S. The highest BCUT2D eigenvalue weighted by atomic mass is 32.2. The van der Waals surface area contributed by atoms with Gasteiger partial charge in [-0.15, -0.1) is 0 Å². The van der Waals surface area contributed by atoms with Gasteiger partial charge in [0.15, 0.2) is 9.84 Å². The van der Waals surface area contributed by atoms with E-state index < -0.39 is 14.6 Å². The van der Waals surface area contributed by atoms with Gasteiger partial charge >= 0.3 is 0 Å². The summed E-state index contributed by atoms with van der Waals surface area (Å²) in [7, 11) is -3.01. The van der Waals surface area contributed by atoms with Crippen LogP contribution in [0.2, 0.25) is 0 Å². The molecule has 1 aliphatic heterocycles. The van der Waals surface area contributed by atoms with Crippen molar-refractivity contribution in [3.05, 3.63) is 0 Å². The number of piperidine rings is 1. The van der Waals surface area contributed by atoms with E-state index in [1.807, 2.05) is 0 Å². The Morgan fingerprint density at radius 3 is 2.25 bits per heavy atom. The summed E-state index contributed by atoms with van der Waals surface area (Å²) in [6, 6.07) is 0. The lowest BCUT2D eigenvalue weighted by atomic mass is 9.97. The SMILES string of the molecule is CCCN(CCS(=O)(=O)C(C)(C)C)CC1CCNCC1. The summed E-state index contributed by atoms with van der Waals surface area (Å²) in [5.41, 5.74) is 0. The lowest BCUT2D eigenvalue weighted by molar-refractivity contribution is 0.214. The predicted octanol–water partition coefficient (Wildman–Crippen LogP) is 1.91. The van der Waals surface area contributed by atoms with E-state index in [0.717, 1.165) is 38.5 Å². The van der Waals surface area contributed by atoms with Crippen molar-refractivity contribution in [3.63, 3.8) is 0 Å². The minimum absolute atomic E-state index is 0.279. The smallest absolute Gasteiger partial charge is 0.156 e. The first kappa shape index (κ1) is 17.9. The number of sulfone groups is 1. The first-order chi connectivity index (χ1) is 9.26. The lowest BCUT2D eigenvalue weighted by Crippen LogP contribution is -2.40. The molecule has 1 heterocycles. The Hall–Kier alpha value is -0.130. The van der Waals surface area contributed by atoms with Gasteiger partial charge in [-0.2, -0.15) is 0 Å². The predicted molar refractivity (Wildman–Crippen MR) is 85.9 cm³/mol. The summed E-state index contributed by atoms with van der Waals surface area (Å²) in [6.07, 6.45) is 3.51. The quantitative estimate of drug-likeness (QED) is 0.780. The second-order valence-electron chi connectivity index (χ2n) is 6.93. The van der Waals surface area contributed by atoms with Crippen LogP contribution in [0.1, 0.15) is 47.0 Å². The van der Waals surface area contributed by atoms with E-state index in [1.54, 1.807) is 20.8 Å². The van der Waals surface area contributed by atoms with Crippen molar-refractivity contribution in [2.45, 2.75) is 51.7 Å². The molecule has 5 heteroatoms. The highest BCUT2D eigenvalue weighted by molar-refractivity contribution is 7.92. The summed E-state index contributed by atoms with van der Waals surface area (Å²) in [6.45, 7) is 12.5. The van der Waals surface area contributed by atoms with E-state index in [1.165, 1.54) is 12.8 Å². The molecule has 0 atom stereocenters. The zero-order chi connectivity index (χ0) is 15.2. The molecule has 0 aromatic carbocycles. The van der Waals surface area contributed by atoms with Gasteiger partial charge in [0.05, 0.1) is 10.5 Å². The summed E-state index contributed by atoms with van der Waals surface area (Å²) in [4.78, 5) is 2.35. The monoisotopic (exact) mass is 304 g/mol. The maximum atomic E-state index is 12.2. The van der Waals surface area contributed by atoms with E-state index in [4.69, 9.17) is 0 Å². The standard InChI is InChI=1S/C15H32N2O2S/c1-5-10-17(13-14-6-8-16-9-7-14)11-12-20(18,19)15(2,3)4/h14,16H,5-13H2,1-4H3. The van der Waals surface area contributed by atoms with Crippen LogP contribution in [0.3, 0.4) is 0 Å². The second-order valence-corrected chi connectivity index (χ2v) is 9.79. The van der Waals surface area contributed by atoms with Crippen LogP contribution in [0, 0.1) is 5.92 Å². The molecule has 4 nitrogen and oxygen atoms in total. The van der Waals surface area contributed by atoms with E-state index >= 15 is 0 Å². The Labute approximate surface area is 125 Å². The molecule has 1 fully saturated rings. The Morgan fingerprint density at radius 1 is 1.15 bits per heavy atom. The second kappa shape index (κ2) is 7.76. The maximum absolute atomic E-state index is 12.2. The van der Waals surface area contributed by atoms with Crippen molar-refractivity contribution < 1.29 is 8.42 Å². The highest BCUT2D eigenvalue weighted by Crippen LogP contribution is 2.17. The van der Waals surface area contributed by atoms with E-state index in [0.29, 0.717) is 6.54 Å². The fourth-order valence-corrected chi connectivity index (χ4v) is 3.71. The molecule has 1 N–H and O–H groups in total. The van der Waals surface area contributed by atoms with Crippen molar-refractivity contribution in [2.24, 2.45) is 5.92 Å². The molecule has 0 bridgehead atoms. The third kappa shape index (κ3) is 5.70. The average molecular weight is 305 g/mol. The van der Waals surface area contributed by atoms with Crippen LogP contribution in [0.5, 0.6) is 0 Å². The first-order valence-corrected chi connectivity index (χ1v) is 9.57. The molecule has 0 saturated carbocycles. The highest BCUT2D eigenvalue weighted by Gasteiger charge is 2.29. The molecule has 0 aliphatic carbocycles. The fraction of sp³-hybridized carbons (Fsp3) is 1.00. The Kier molecular flexibility index (Phi) is 6.95. The van der Waals surface area contributed by atoms with Crippen molar-refractivity contribution >= 4 is 9.84 Å². The minimum Gasteiger partial charge on any atom is -0.317 e. The van der Waals surface area contributed by atoms with Gasteiger partial charge in [0, 0.05) is 13.1 Å². The summed E-state index contributed by atoms with van der Waals surface area (Å²) < 4.78 is 23.8. The summed E-state index contributed by atoms with van der Waals surface area (Å²) in [5, 5.41) is 3.38. The number of nitrogens with one attached hydrogen (secondary N) is 1. The first-order valence-electron chi connectivity index (χ1n) is 7.91. The Bertz CT molecular complexity index is 368. The molecule has 0 spiro atoms. The molecule has 20 heavy (non-hydrogen) atoms. The van der Waals surface area contributed by atoms with E-state index in [-0.39, 0.29) is 5.75 Å². The van der Waals surface area contributed by atoms with Gasteiger partial charge in [0.25, 0.3) is 0 Å². The molecule has 120 valence electrons. The van der Waals surface area contributed by atoms with E-state index in [2.05, 4.69) is 17.1 Å². The zero-order valence-electron chi connectivity index (χ0n) is 13.6. The molecule has 0 amide bonds. The molecule has 1 saturated heterocycles. The molecule has 1 rings (SSSR count). The molecule has 1 aliphatic rings. The molecule has 0 aromatic rings. The Morgan fingerprint density at radius 2 is 1.75 bits per heavy atom. The number of nitrogens with zero attached hydrogens (tertiary/aromatic N) is 1. The van der Waals surface area contributed by atoms with Crippen LogP contribution >= 0.6 is 0 Å². The van der Waals surface area contributed by atoms with Gasteiger partial charge in [-0.1, -0.05) is 6.92 Å². The maximum Gasteiger partial charge on any atom is 0.156 e. The van der Waals surface area contributed by atoms with Crippen molar-refractivity contribution in [1.29, 1.82) is 0 Å². The van der Waals surface area contributed by atoms with Crippen LogP contribution in [0.4, 0.5) is 0 Å². The lowest BCUT2D eigenvalue weighted by Gasteiger charge is -2.30. The Balaban J connectivity index is 2.50. The van der Waals surface area contributed by atoms with Crippen LogP contribution in [-0.2, 0) is 9.84 Å². The minimum atomic E-state index is -3.01. The zero-order valence-corrected chi connectivity index (χ0v) is 14.4. The summed E-state index contributed by atoms with van der Waals surface area (Å²) in [5.74, 6) is 1.00.